The van der Waals surface area contributed by atoms with Gasteiger partial charge in [-0.15, -0.1) is 0 Å². The Morgan fingerprint density at radius 3 is 2.67 bits per heavy atom. The molecule has 108 valence electrons. The SMILES string of the molecule is O=C(OCc1ccc2ccccc2c1)C1CC2CCC1C2. The predicted molar refractivity (Wildman–Crippen MR) is 82.7 cm³/mol. The van der Waals surface area contributed by atoms with E-state index in [0.717, 1.165) is 17.9 Å². The van der Waals surface area contributed by atoms with E-state index >= 15 is 0 Å². The second kappa shape index (κ2) is 5.18. The first kappa shape index (κ1) is 12.9. The highest BCUT2D eigenvalue weighted by molar-refractivity contribution is 5.83. The fourth-order valence-corrected chi connectivity index (χ4v) is 4.12. The van der Waals surface area contributed by atoms with Crippen LogP contribution in [0.1, 0.15) is 31.2 Å². The van der Waals surface area contributed by atoms with E-state index < -0.39 is 0 Å². The normalized spacial score (nSPS) is 27.1. The van der Waals surface area contributed by atoms with Crippen molar-refractivity contribution >= 4 is 16.7 Å². The minimum absolute atomic E-state index is 0.0235. The Morgan fingerprint density at radius 1 is 1.05 bits per heavy atom. The van der Waals surface area contributed by atoms with Crippen molar-refractivity contribution in [3.8, 4) is 0 Å². The van der Waals surface area contributed by atoms with Gasteiger partial charge < -0.3 is 4.74 Å². The molecule has 0 N–H and O–H groups in total. The van der Waals surface area contributed by atoms with Gasteiger partial charge in [-0.1, -0.05) is 42.8 Å². The fourth-order valence-electron chi connectivity index (χ4n) is 4.12. The Balaban J connectivity index is 1.42. The summed E-state index contributed by atoms with van der Waals surface area (Å²) in [5.41, 5.74) is 1.07. The molecule has 2 aliphatic carbocycles. The molecule has 2 bridgehead atoms. The van der Waals surface area contributed by atoms with E-state index in [0.29, 0.717) is 12.5 Å². The summed E-state index contributed by atoms with van der Waals surface area (Å²) in [4.78, 5) is 12.2. The first-order valence-electron chi connectivity index (χ1n) is 7.94. The first-order valence-corrected chi connectivity index (χ1v) is 7.94. The molecule has 4 rings (SSSR count). The van der Waals surface area contributed by atoms with Crippen LogP contribution in [0.4, 0.5) is 0 Å². The lowest BCUT2D eigenvalue weighted by Crippen LogP contribution is -2.23. The molecule has 2 aliphatic rings. The van der Waals surface area contributed by atoms with Crippen LogP contribution in [-0.2, 0) is 16.1 Å². The van der Waals surface area contributed by atoms with Crippen molar-refractivity contribution < 1.29 is 9.53 Å². The van der Waals surface area contributed by atoms with Crippen molar-refractivity contribution in [1.82, 2.24) is 0 Å². The van der Waals surface area contributed by atoms with Gasteiger partial charge in [-0.25, -0.2) is 0 Å². The number of rotatable bonds is 3. The maximum Gasteiger partial charge on any atom is 0.309 e. The largest absolute Gasteiger partial charge is 0.461 e. The molecule has 0 heterocycles. The number of esters is 1. The van der Waals surface area contributed by atoms with Crippen molar-refractivity contribution in [2.45, 2.75) is 32.3 Å². The zero-order valence-corrected chi connectivity index (χ0v) is 12.1. The van der Waals surface area contributed by atoms with Gasteiger partial charge in [0.1, 0.15) is 6.61 Å². The third kappa shape index (κ3) is 2.44. The Morgan fingerprint density at radius 2 is 1.90 bits per heavy atom. The lowest BCUT2D eigenvalue weighted by molar-refractivity contribution is -0.151. The Labute approximate surface area is 125 Å². The van der Waals surface area contributed by atoms with E-state index in [2.05, 4.69) is 30.3 Å². The molecule has 0 radical (unpaired) electrons. The third-order valence-electron chi connectivity index (χ3n) is 5.24. The molecular weight excluding hydrogens is 260 g/mol. The van der Waals surface area contributed by atoms with Gasteiger partial charge in [0.2, 0.25) is 0 Å². The van der Waals surface area contributed by atoms with Crippen molar-refractivity contribution in [2.24, 2.45) is 17.8 Å². The first-order chi connectivity index (χ1) is 10.3. The van der Waals surface area contributed by atoms with Crippen LogP contribution in [0, 0.1) is 17.8 Å². The number of hydrogen-bond donors (Lipinski definition) is 0. The lowest BCUT2D eigenvalue weighted by atomic mass is 9.89. The van der Waals surface area contributed by atoms with Crippen LogP contribution >= 0.6 is 0 Å². The molecule has 0 amide bonds. The van der Waals surface area contributed by atoms with Crippen LogP contribution in [0.5, 0.6) is 0 Å². The summed E-state index contributed by atoms with van der Waals surface area (Å²) in [6.45, 7) is 0.400. The molecule has 0 saturated heterocycles. The molecule has 2 fully saturated rings. The highest BCUT2D eigenvalue weighted by atomic mass is 16.5. The standard InChI is InChI=1S/C19H20O2/c20-19(18-11-13-5-8-17(18)9-13)21-12-14-6-7-15-3-1-2-4-16(15)10-14/h1-4,6-7,10,13,17-18H,5,8-9,11-12H2. The zero-order valence-electron chi connectivity index (χ0n) is 12.1. The Kier molecular flexibility index (Phi) is 3.17. The highest BCUT2D eigenvalue weighted by Crippen LogP contribution is 2.48. The summed E-state index contributed by atoms with van der Waals surface area (Å²) in [6.07, 6.45) is 4.84. The number of benzene rings is 2. The minimum Gasteiger partial charge on any atom is -0.461 e. The average molecular weight is 280 g/mol. The van der Waals surface area contributed by atoms with E-state index in [4.69, 9.17) is 4.74 Å². The molecule has 0 spiro atoms. The molecule has 2 aromatic carbocycles. The van der Waals surface area contributed by atoms with Crippen molar-refractivity contribution in [1.29, 1.82) is 0 Å². The quantitative estimate of drug-likeness (QED) is 0.783. The molecule has 0 aromatic heterocycles. The third-order valence-corrected chi connectivity index (χ3v) is 5.24. The lowest BCUT2D eigenvalue weighted by Gasteiger charge is -2.20. The van der Waals surface area contributed by atoms with E-state index in [9.17, 15) is 4.79 Å². The zero-order chi connectivity index (χ0) is 14.2. The summed E-state index contributed by atoms with van der Waals surface area (Å²) in [5, 5.41) is 2.42. The smallest absolute Gasteiger partial charge is 0.309 e. The molecule has 2 saturated carbocycles. The second-order valence-corrected chi connectivity index (χ2v) is 6.57. The topological polar surface area (TPSA) is 26.3 Å². The summed E-state index contributed by atoms with van der Waals surface area (Å²) in [7, 11) is 0. The van der Waals surface area contributed by atoms with Gasteiger partial charge in [-0.05, 0) is 53.5 Å². The summed E-state index contributed by atoms with van der Waals surface area (Å²) >= 11 is 0. The maximum absolute atomic E-state index is 12.2. The fraction of sp³-hybridized carbons (Fsp3) is 0.421. The summed E-state index contributed by atoms with van der Waals surface area (Å²) < 4.78 is 5.57. The Bertz CT molecular complexity index is 676. The van der Waals surface area contributed by atoms with Crippen LogP contribution in [0.25, 0.3) is 10.8 Å². The van der Waals surface area contributed by atoms with Gasteiger partial charge in [0.25, 0.3) is 0 Å². The van der Waals surface area contributed by atoms with Crippen LogP contribution < -0.4 is 0 Å². The number of carbonyl (C=O) groups excluding carboxylic acids is 1. The highest BCUT2D eigenvalue weighted by Gasteiger charge is 2.43. The molecule has 3 atom stereocenters. The van der Waals surface area contributed by atoms with Crippen LogP contribution in [0.3, 0.4) is 0 Å². The van der Waals surface area contributed by atoms with Gasteiger partial charge in [0.15, 0.2) is 0 Å². The summed E-state index contributed by atoms with van der Waals surface area (Å²) in [6, 6.07) is 14.5. The molecule has 0 aliphatic heterocycles. The van der Waals surface area contributed by atoms with Gasteiger partial charge in [-0.3, -0.25) is 4.79 Å². The summed E-state index contributed by atoms with van der Waals surface area (Å²) in [5.74, 6) is 1.58. The van der Waals surface area contributed by atoms with Gasteiger partial charge in [-0.2, -0.15) is 0 Å². The van der Waals surface area contributed by atoms with Crippen molar-refractivity contribution in [2.75, 3.05) is 0 Å². The molecule has 2 heteroatoms. The average Bonchev–Trinajstić information content (AvgIpc) is 3.15. The molecule has 2 nitrogen and oxygen atoms in total. The van der Waals surface area contributed by atoms with Gasteiger partial charge in [0, 0.05) is 0 Å². The minimum atomic E-state index is 0.0235. The Hall–Kier alpha value is -1.83. The molecule has 21 heavy (non-hydrogen) atoms. The van der Waals surface area contributed by atoms with Crippen LogP contribution in [0.2, 0.25) is 0 Å². The van der Waals surface area contributed by atoms with E-state index in [1.165, 1.54) is 30.0 Å². The maximum atomic E-state index is 12.2. The van der Waals surface area contributed by atoms with Crippen LogP contribution in [0.15, 0.2) is 42.5 Å². The number of carbonyl (C=O) groups is 1. The molecular formula is C19H20O2. The van der Waals surface area contributed by atoms with Crippen LogP contribution in [-0.4, -0.2) is 5.97 Å². The van der Waals surface area contributed by atoms with Crippen molar-refractivity contribution in [3.05, 3.63) is 48.0 Å². The van der Waals surface area contributed by atoms with Crippen molar-refractivity contribution in [3.63, 3.8) is 0 Å². The number of ether oxygens (including phenoxy) is 1. The van der Waals surface area contributed by atoms with E-state index in [1.807, 2.05) is 12.1 Å². The second-order valence-electron chi connectivity index (χ2n) is 6.57. The molecule has 3 unspecified atom stereocenters. The molecule has 2 aromatic rings. The predicted octanol–water partition coefficient (Wildman–Crippen LogP) is 4.32. The van der Waals surface area contributed by atoms with E-state index in [1.54, 1.807) is 0 Å². The number of fused-ring (bicyclic) bond motifs is 3. The van der Waals surface area contributed by atoms with Gasteiger partial charge in [0.05, 0.1) is 5.92 Å². The number of hydrogen-bond acceptors (Lipinski definition) is 2. The van der Waals surface area contributed by atoms with Gasteiger partial charge >= 0.3 is 5.97 Å². The monoisotopic (exact) mass is 280 g/mol. The van der Waals surface area contributed by atoms with E-state index in [-0.39, 0.29) is 11.9 Å².